The van der Waals surface area contributed by atoms with Gasteiger partial charge in [-0.1, -0.05) is 24.3 Å². The number of para-hydroxylation sites is 1. The van der Waals surface area contributed by atoms with Crippen LogP contribution in [-0.4, -0.2) is 14.3 Å². The molecule has 1 unspecified atom stereocenters. The third kappa shape index (κ3) is 4.59. The highest BCUT2D eigenvalue weighted by Gasteiger charge is 2.19. The van der Waals surface area contributed by atoms with E-state index in [0.717, 1.165) is 23.1 Å². The molecule has 6 nitrogen and oxygen atoms in total. The summed E-state index contributed by atoms with van der Waals surface area (Å²) in [5.74, 6) is -0.316. The zero-order valence-corrected chi connectivity index (χ0v) is 17.3. The fourth-order valence-corrected chi connectivity index (χ4v) is 4.21. The molecule has 3 aromatic carbocycles. The van der Waals surface area contributed by atoms with Crippen molar-refractivity contribution in [3.63, 3.8) is 0 Å². The number of benzene rings is 3. The van der Waals surface area contributed by atoms with Crippen molar-refractivity contribution in [3.8, 4) is 0 Å². The van der Waals surface area contributed by atoms with Crippen molar-refractivity contribution < 1.29 is 22.0 Å². The van der Waals surface area contributed by atoms with E-state index in [1.165, 1.54) is 36.4 Å². The molecule has 4 aromatic rings. The lowest BCUT2D eigenvalue weighted by Crippen LogP contribution is -2.26. The molecule has 0 radical (unpaired) electrons. The van der Waals surface area contributed by atoms with Crippen LogP contribution >= 0.6 is 0 Å². The first kappa shape index (κ1) is 20.6. The van der Waals surface area contributed by atoms with Gasteiger partial charge in [0.05, 0.1) is 10.9 Å². The predicted molar refractivity (Wildman–Crippen MR) is 116 cm³/mol. The Morgan fingerprint density at radius 1 is 0.968 bits per heavy atom. The number of anilines is 1. The van der Waals surface area contributed by atoms with Crippen LogP contribution in [0.4, 0.5) is 10.1 Å². The molecule has 0 saturated carbocycles. The number of halogens is 1. The number of carbonyl (C=O) groups excluding carboxylic acids is 1. The van der Waals surface area contributed by atoms with Gasteiger partial charge in [0.2, 0.25) is 0 Å². The number of fused-ring (bicyclic) bond motifs is 1. The normalized spacial score (nSPS) is 12.5. The minimum absolute atomic E-state index is 0.0825. The quantitative estimate of drug-likeness (QED) is 0.450. The minimum atomic E-state index is -3.95. The molecule has 8 heteroatoms. The van der Waals surface area contributed by atoms with Crippen LogP contribution in [0, 0.1) is 5.82 Å². The molecule has 0 bridgehead atoms. The number of carbonyl (C=O) groups is 1. The maximum Gasteiger partial charge on any atom is 0.261 e. The van der Waals surface area contributed by atoms with Crippen molar-refractivity contribution in [1.82, 2.24) is 5.32 Å². The average Bonchev–Trinajstić information content (AvgIpc) is 3.20. The van der Waals surface area contributed by atoms with E-state index in [4.69, 9.17) is 4.42 Å². The van der Waals surface area contributed by atoms with Crippen LogP contribution in [0.5, 0.6) is 0 Å². The number of amides is 1. The first-order valence-corrected chi connectivity index (χ1v) is 11.0. The van der Waals surface area contributed by atoms with Gasteiger partial charge in [-0.25, -0.2) is 12.8 Å². The van der Waals surface area contributed by atoms with Gasteiger partial charge in [-0.05, 0) is 61.5 Å². The van der Waals surface area contributed by atoms with E-state index in [1.807, 2.05) is 30.3 Å². The van der Waals surface area contributed by atoms with Crippen LogP contribution in [0.1, 0.15) is 29.1 Å². The molecule has 1 atom stereocenters. The molecule has 0 saturated heterocycles. The SMILES string of the molecule is CC(NC(=O)c1cccc(S(=O)(=O)Nc2ccc(F)cc2)c1)c1cc2ccccc2o1. The molecule has 1 amide bonds. The summed E-state index contributed by atoms with van der Waals surface area (Å²) in [5.41, 5.74) is 1.12. The predicted octanol–water partition coefficient (Wildman–Crippen LogP) is 4.86. The van der Waals surface area contributed by atoms with Gasteiger partial charge in [0.25, 0.3) is 15.9 Å². The Kier molecular flexibility index (Phi) is 5.48. The van der Waals surface area contributed by atoms with E-state index in [9.17, 15) is 17.6 Å². The Morgan fingerprint density at radius 2 is 1.71 bits per heavy atom. The third-order valence-corrected chi connectivity index (χ3v) is 6.10. The largest absolute Gasteiger partial charge is 0.459 e. The molecule has 4 rings (SSSR count). The number of furan rings is 1. The van der Waals surface area contributed by atoms with E-state index in [-0.39, 0.29) is 16.1 Å². The molecule has 31 heavy (non-hydrogen) atoms. The summed E-state index contributed by atoms with van der Waals surface area (Å²) in [6, 6.07) is 19.6. The van der Waals surface area contributed by atoms with E-state index in [0.29, 0.717) is 5.76 Å². The van der Waals surface area contributed by atoms with Gasteiger partial charge in [0, 0.05) is 16.6 Å². The molecule has 0 aliphatic rings. The summed E-state index contributed by atoms with van der Waals surface area (Å²) < 4.78 is 46.5. The highest BCUT2D eigenvalue weighted by atomic mass is 32.2. The van der Waals surface area contributed by atoms with E-state index in [1.54, 1.807) is 6.92 Å². The van der Waals surface area contributed by atoms with Gasteiger partial charge in [0.15, 0.2) is 0 Å². The van der Waals surface area contributed by atoms with Crippen LogP contribution < -0.4 is 10.0 Å². The fourth-order valence-electron chi connectivity index (χ4n) is 3.10. The highest BCUT2D eigenvalue weighted by molar-refractivity contribution is 7.92. The monoisotopic (exact) mass is 438 g/mol. The van der Waals surface area contributed by atoms with Crippen LogP contribution in [-0.2, 0) is 10.0 Å². The Labute approximate surface area is 178 Å². The third-order valence-electron chi connectivity index (χ3n) is 4.72. The van der Waals surface area contributed by atoms with Crippen LogP contribution in [0.25, 0.3) is 11.0 Å². The van der Waals surface area contributed by atoms with E-state index in [2.05, 4.69) is 10.0 Å². The molecule has 2 N–H and O–H groups in total. The van der Waals surface area contributed by atoms with Crippen LogP contribution in [0.3, 0.4) is 0 Å². The molecule has 0 fully saturated rings. The fraction of sp³-hybridized carbons (Fsp3) is 0.0870. The zero-order valence-electron chi connectivity index (χ0n) is 16.5. The second kappa shape index (κ2) is 8.23. The van der Waals surface area contributed by atoms with E-state index >= 15 is 0 Å². The first-order valence-electron chi connectivity index (χ1n) is 9.50. The number of nitrogens with one attached hydrogen (secondary N) is 2. The summed E-state index contributed by atoms with van der Waals surface area (Å²) in [6.07, 6.45) is 0. The lowest BCUT2D eigenvalue weighted by Gasteiger charge is -2.13. The molecular weight excluding hydrogens is 419 g/mol. The van der Waals surface area contributed by atoms with Gasteiger partial charge in [-0.3, -0.25) is 9.52 Å². The molecular formula is C23H19FN2O4S. The molecule has 158 valence electrons. The summed E-state index contributed by atoms with van der Waals surface area (Å²) in [6.45, 7) is 1.78. The average molecular weight is 438 g/mol. The number of hydrogen-bond acceptors (Lipinski definition) is 4. The summed E-state index contributed by atoms with van der Waals surface area (Å²) in [4.78, 5) is 12.6. The second-order valence-electron chi connectivity index (χ2n) is 7.02. The zero-order chi connectivity index (χ0) is 22.0. The van der Waals surface area contributed by atoms with E-state index < -0.39 is 27.8 Å². The highest BCUT2D eigenvalue weighted by Crippen LogP contribution is 2.24. The molecule has 0 aliphatic heterocycles. The standard InChI is InChI=1S/C23H19FN2O4S/c1-15(22-14-16-5-2-3-8-21(16)30-22)25-23(27)17-6-4-7-20(13-17)31(28,29)26-19-11-9-18(24)10-12-19/h2-15,26H,1H3,(H,25,27). The van der Waals surface area contributed by atoms with Crippen molar-refractivity contribution in [3.05, 3.63) is 96.0 Å². The van der Waals surface area contributed by atoms with Crippen molar-refractivity contribution in [2.45, 2.75) is 17.9 Å². The van der Waals surface area contributed by atoms with Crippen molar-refractivity contribution in [2.24, 2.45) is 0 Å². The molecule has 1 aromatic heterocycles. The maximum absolute atomic E-state index is 13.0. The van der Waals surface area contributed by atoms with Gasteiger partial charge < -0.3 is 9.73 Å². The Morgan fingerprint density at radius 3 is 2.45 bits per heavy atom. The maximum atomic E-state index is 13.0. The van der Waals surface area contributed by atoms with Gasteiger partial charge in [-0.2, -0.15) is 0 Å². The first-order chi connectivity index (χ1) is 14.8. The Hall–Kier alpha value is -3.65. The number of sulfonamides is 1. The molecule has 1 heterocycles. The van der Waals surface area contributed by atoms with Crippen LogP contribution in [0.15, 0.2) is 88.2 Å². The Balaban J connectivity index is 1.51. The topological polar surface area (TPSA) is 88.4 Å². The molecule has 0 spiro atoms. The van der Waals surface area contributed by atoms with Crippen molar-refractivity contribution >= 4 is 32.6 Å². The minimum Gasteiger partial charge on any atom is -0.459 e. The Bertz CT molecular complexity index is 1310. The van der Waals surface area contributed by atoms with Gasteiger partial charge in [0.1, 0.15) is 17.2 Å². The van der Waals surface area contributed by atoms with Gasteiger partial charge >= 0.3 is 0 Å². The summed E-state index contributed by atoms with van der Waals surface area (Å²) in [5, 5.41) is 3.75. The van der Waals surface area contributed by atoms with Crippen molar-refractivity contribution in [2.75, 3.05) is 4.72 Å². The number of rotatable bonds is 6. The van der Waals surface area contributed by atoms with Crippen LogP contribution in [0.2, 0.25) is 0 Å². The summed E-state index contributed by atoms with van der Waals surface area (Å²) in [7, 11) is -3.95. The lowest BCUT2D eigenvalue weighted by atomic mass is 10.1. The van der Waals surface area contributed by atoms with Crippen molar-refractivity contribution in [1.29, 1.82) is 0 Å². The summed E-state index contributed by atoms with van der Waals surface area (Å²) >= 11 is 0. The second-order valence-corrected chi connectivity index (χ2v) is 8.70. The number of hydrogen-bond donors (Lipinski definition) is 2. The lowest BCUT2D eigenvalue weighted by molar-refractivity contribution is 0.0935. The molecule has 0 aliphatic carbocycles. The smallest absolute Gasteiger partial charge is 0.261 e. The van der Waals surface area contributed by atoms with Gasteiger partial charge in [-0.15, -0.1) is 0 Å².